The number of rotatable bonds is 10. The van der Waals surface area contributed by atoms with Gasteiger partial charge in [-0.25, -0.2) is 0 Å². The molecule has 0 aromatic heterocycles. The lowest BCUT2D eigenvalue weighted by Crippen LogP contribution is -2.24. The zero-order valence-corrected chi connectivity index (χ0v) is 10.6. The van der Waals surface area contributed by atoms with E-state index < -0.39 is 0 Å². The number of hydrogen-bond donors (Lipinski definition) is 1. The van der Waals surface area contributed by atoms with Crippen molar-refractivity contribution in [2.75, 3.05) is 54.1 Å². The summed E-state index contributed by atoms with van der Waals surface area (Å²) in [5.74, 6) is -0.149. The molecule has 0 aliphatic heterocycles. The molecule has 5 nitrogen and oxygen atoms in total. The molecule has 0 spiro atoms. The van der Waals surface area contributed by atoms with Gasteiger partial charge in [0.15, 0.2) is 0 Å². The van der Waals surface area contributed by atoms with Crippen molar-refractivity contribution < 1.29 is 14.3 Å². The molecule has 16 heavy (non-hydrogen) atoms. The van der Waals surface area contributed by atoms with Crippen LogP contribution in [0.4, 0.5) is 0 Å². The van der Waals surface area contributed by atoms with Crippen molar-refractivity contribution >= 4 is 5.97 Å². The van der Waals surface area contributed by atoms with Gasteiger partial charge in [-0.2, -0.15) is 0 Å². The van der Waals surface area contributed by atoms with Crippen molar-refractivity contribution in [2.24, 2.45) is 0 Å². The third-order valence-corrected chi connectivity index (χ3v) is 2.07. The maximum Gasteiger partial charge on any atom is 0.305 e. The highest BCUT2D eigenvalue weighted by molar-refractivity contribution is 5.68. The fourth-order valence-electron chi connectivity index (χ4n) is 1.08. The monoisotopic (exact) mass is 232 g/mol. The molecule has 0 heterocycles. The molecule has 0 saturated carbocycles. The second kappa shape index (κ2) is 10.9. The van der Waals surface area contributed by atoms with E-state index in [1.807, 2.05) is 14.1 Å². The number of carbonyl (C=O) groups excluding carboxylic acids is 1. The normalized spacial score (nSPS) is 10.8. The number of esters is 1. The molecule has 0 radical (unpaired) electrons. The van der Waals surface area contributed by atoms with Crippen LogP contribution in [0.15, 0.2) is 0 Å². The van der Waals surface area contributed by atoms with Crippen molar-refractivity contribution in [3.8, 4) is 0 Å². The molecular weight excluding hydrogens is 208 g/mol. The van der Waals surface area contributed by atoms with Gasteiger partial charge in [0.05, 0.1) is 20.3 Å². The van der Waals surface area contributed by atoms with Gasteiger partial charge in [-0.15, -0.1) is 0 Å². The van der Waals surface area contributed by atoms with Crippen LogP contribution in [-0.2, 0) is 14.3 Å². The van der Waals surface area contributed by atoms with E-state index in [9.17, 15) is 4.79 Å². The molecule has 0 amide bonds. The average Bonchev–Trinajstić information content (AvgIpc) is 2.26. The van der Waals surface area contributed by atoms with Crippen molar-refractivity contribution in [1.82, 2.24) is 10.2 Å². The number of carbonyl (C=O) groups is 1. The fourth-order valence-corrected chi connectivity index (χ4v) is 1.08. The summed E-state index contributed by atoms with van der Waals surface area (Å²) < 4.78 is 9.93. The van der Waals surface area contributed by atoms with E-state index in [0.29, 0.717) is 13.0 Å². The first kappa shape index (κ1) is 15.3. The second-order valence-corrected chi connectivity index (χ2v) is 3.85. The Morgan fingerprint density at radius 3 is 2.62 bits per heavy atom. The number of likely N-dealkylation sites (N-methyl/N-ethyl adjacent to an activating group) is 1. The maximum absolute atomic E-state index is 10.8. The van der Waals surface area contributed by atoms with Crippen LogP contribution in [0.25, 0.3) is 0 Å². The second-order valence-electron chi connectivity index (χ2n) is 3.85. The van der Waals surface area contributed by atoms with E-state index in [-0.39, 0.29) is 5.97 Å². The predicted molar refractivity (Wildman–Crippen MR) is 63.5 cm³/mol. The SMILES string of the molecule is COC(=O)CCCNCCOCCN(C)C. The number of ether oxygens (including phenoxy) is 2. The van der Waals surface area contributed by atoms with Gasteiger partial charge >= 0.3 is 5.97 Å². The van der Waals surface area contributed by atoms with E-state index in [0.717, 1.165) is 32.7 Å². The Balaban J connectivity index is 3.01. The van der Waals surface area contributed by atoms with Crippen LogP contribution in [0.1, 0.15) is 12.8 Å². The minimum atomic E-state index is -0.149. The Bertz CT molecular complexity index is 175. The molecule has 0 unspecified atom stereocenters. The van der Waals surface area contributed by atoms with Crippen LogP contribution in [0, 0.1) is 0 Å². The molecule has 96 valence electrons. The maximum atomic E-state index is 10.8. The zero-order valence-electron chi connectivity index (χ0n) is 10.6. The Morgan fingerprint density at radius 2 is 2.00 bits per heavy atom. The number of nitrogens with zero attached hydrogens (tertiary/aromatic N) is 1. The van der Waals surface area contributed by atoms with Crippen molar-refractivity contribution in [2.45, 2.75) is 12.8 Å². The van der Waals surface area contributed by atoms with Crippen LogP contribution < -0.4 is 5.32 Å². The minimum absolute atomic E-state index is 0.149. The molecule has 0 aromatic carbocycles. The van der Waals surface area contributed by atoms with Gasteiger partial charge < -0.3 is 19.7 Å². The van der Waals surface area contributed by atoms with Gasteiger partial charge in [0, 0.05) is 19.5 Å². The Kier molecular flexibility index (Phi) is 10.4. The molecular formula is C11H24N2O3. The summed E-state index contributed by atoms with van der Waals surface area (Å²) in [5.41, 5.74) is 0. The molecule has 1 N–H and O–H groups in total. The Morgan fingerprint density at radius 1 is 1.25 bits per heavy atom. The van der Waals surface area contributed by atoms with Crippen LogP contribution >= 0.6 is 0 Å². The first-order valence-corrected chi connectivity index (χ1v) is 5.67. The van der Waals surface area contributed by atoms with E-state index in [4.69, 9.17) is 4.74 Å². The van der Waals surface area contributed by atoms with Crippen LogP contribution in [0.3, 0.4) is 0 Å². The molecule has 0 atom stereocenters. The summed E-state index contributed by atoms with van der Waals surface area (Å²) in [5, 5.41) is 3.21. The van der Waals surface area contributed by atoms with Gasteiger partial charge in [0.2, 0.25) is 0 Å². The predicted octanol–water partition coefficient (Wildman–Crippen LogP) is 0.107. The first-order valence-electron chi connectivity index (χ1n) is 5.67. The van der Waals surface area contributed by atoms with Gasteiger partial charge in [-0.1, -0.05) is 0 Å². The molecule has 0 fully saturated rings. The van der Waals surface area contributed by atoms with Gasteiger partial charge in [0.1, 0.15) is 0 Å². The number of nitrogens with one attached hydrogen (secondary N) is 1. The van der Waals surface area contributed by atoms with Crippen LogP contribution in [0.5, 0.6) is 0 Å². The van der Waals surface area contributed by atoms with Gasteiger partial charge in [0.25, 0.3) is 0 Å². The van der Waals surface area contributed by atoms with Crippen molar-refractivity contribution in [3.05, 3.63) is 0 Å². The lowest BCUT2D eigenvalue weighted by molar-refractivity contribution is -0.140. The lowest BCUT2D eigenvalue weighted by Gasteiger charge is -2.10. The lowest BCUT2D eigenvalue weighted by atomic mass is 10.3. The highest BCUT2D eigenvalue weighted by Crippen LogP contribution is 1.89. The Labute approximate surface area is 98.1 Å². The zero-order chi connectivity index (χ0) is 12.2. The third kappa shape index (κ3) is 11.4. The minimum Gasteiger partial charge on any atom is -0.469 e. The highest BCUT2D eigenvalue weighted by Gasteiger charge is 1.98. The largest absolute Gasteiger partial charge is 0.469 e. The average molecular weight is 232 g/mol. The Hall–Kier alpha value is -0.650. The molecule has 0 rings (SSSR count). The smallest absolute Gasteiger partial charge is 0.305 e. The van der Waals surface area contributed by atoms with E-state index >= 15 is 0 Å². The van der Waals surface area contributed by atoms with Crippen LogP contribution in [0.2, 0.25) is 0 Å². The fraction of sp³-hybridized carbons (Fsp3) is 0.909. The molecule has 0 bridgehead atoms. The summed E-state index contributed by atoms with van der Waals surface area (Å²) >= 11 is 0. The van der Waals surface area contributed by atoms with Crippen molar-refractivity contribution in [1.29, 1.82) is 0 Å². The van der Waals surface area contributed by atoms with Gasteiger partial charge in [-0.3, -0.25) is 4.79 Å². The number of methoxy groups -OCH3 is 1. The summed E-state index contributed by atoms with van der Waals surface area (Å²) in [6.07, 6.45) is 1.29. The summed E-state index contributed by atoms with van der Waals surface area (Å²) in [7, 11) is 5.46. The topological polar surface area (TPSA) is 50.8 Å². The molecule has 0 aliphatic carbocycles. The van der Waals surface area contributed by atoms with Crippen molar-refractivity contribution in [3.63, 3.8) is 0 Å². The summed E-state index contributed by atoms with van der Waals surface area (Å²) in [6, 6.07) is 0. The van der Waals surface area contributed by atoms with Crippen LogP contribution in [-0.4, -0.2) is 64.9 Å². The molecule has 0 aliphatic rings. The van der Waals surface area contributed by atoms with E-state index in [1.54, 1.807) is 0 Å². The highest BCUT2D eigenvalue weighted by atomic mass is 16.5. The first-order chi connectivity index (χ1) is 7.66. The van der Waals surface area contributed by atoms with Gasteiger partial charge in [-0.05, 0) is 27.1 Å². The molecule has 0 aromatic rings. The molecule has 0 saturated heterocycles. The van der Waals surface area contributed by atoms with E-state index in [1.165, 1.54) is 7.11 Å². The summed E-state index contributed by atoms with van der Waals surface area (Å²) in [4.78, 5) is 12.9. The van der Waals surface area contributed by atoms with E-state index in [2.05, 4.69) is 15.0 Å². The number of hydrogen-bond acceptors (Lipinski definition) is 5. The summed E-state index contributed by atoms with van der Waals surface area (Å²) in [6.45, 7) is 4.08. The standard InChI is InChI=1S/C11H24N2O3/c1-13(2)8-10-16-9-7-12-6-4-5-11(14)15-3/h12H,4-10H2,1-3H3. The third-order valence-electron chi connectivity index (χ3n) is 2.07. The molecule has 5 heteroatoms. The quantitative estimate of drug-likeness (QED) is 0.428.